The summed E-state index contributed by atoms with van der Waals surface area (Å²) < 4.78 is 0. The average Bonchev–Trinajstić information content (AvgIpc) is 3.13. The van der Waals surface area contributed by atoms with Gasteiger partial charge in [0.1, 0.15) is 0 Å². The number of aryl methyl sites for hydroxylation is 1. The number of amides is 2. The zero-order valence-corrected chi connectivity index (χ0v) is 13.2. The molecule has 4 heteroatoms. The van der Waals surface area contributed by atoms with E-state index >= 15 is 0 Å². The number of benzene rings is 1. The lowest BCUT2D eigenvalue weighted by atomic mass is 10.1. The first-order valence-corrected chi connectivity index (χ1v) is 8.22. The van der Waals surface area contributed by atoms with Crippen LogP contribution in [0.25, 0.3) is 0 Å². The summed E-state index contributed by atoms with van der Waals surface area (Å²) in [5.41, 5.74) is 3.25. The standard InChI is InChI=1S/C17H20N2OS/c1-12-6-3-7-14(13(12)2)18-17(20)19-10-4-8-15(19)16-9-5-11-21-16/h3,5-7,9,11,15H,4,8,10H2,1-2H3,(H,18,20)/t15-/m1/s1. The molecule has 2 heterocycles. The summed E-state index contributed by atoms with van der Waals surface area (Å²) in [6.45, 7) is 4.94. The molecular weight excluding hydrogens is 280 g/mol. The van der Waals surface area contributed by atoms with E-state index in [0.717, 1.165) is 30.6 Å². The largest absolute Gasteiger partial charge is 0.322 e. The summed E-state index contributed by atoms with van der Waals surface area (Å²) in [6, 6.07) is 10.4. The van der Waals surface area contributed by atoms with E-state index in [1.54, 1.807) is 11.3 Å². The number of thiophene rings is 1. The number of urea groups is 1. The van der Waals surface area contributed by atoms with Gasteiger partial charge in [0.25, 0.3) is 0 Å². The number of hydrogen-bond donors (Lipinski definition) is 1. The van der Waals surface area contributed by atoms with Crippen LogP contribution in [-0.2, 0) is 0 Å². The number of anilines is 1. The number of likely N-dealkylation sites (tertiary alicyclic amines) is 1. The topological polar surface area (TPSA) is 32.3 Å². The molecule has 3 rings (SSSR count). The normalized spacial score (nSPS) is 18.0. The van der Waals surface area contributed by atoms with Crippen molar-refractivity contribution in [2.45, 2.75) is 32.7 Å². The van der Waals surface area contributed by atoms with E-state index in [4.69, 9.17) is 0 Å². The van der Waals surface area contributed by atoms with E-state index in [1.165, 1.54) is 10.4 Å². The number of carbonyl (C=O) groups is 1. The third-order valence-electron chi connectivity index (χ3n) is 4.23. The van der Waals surface area contributed by atoms with Crippen molar-refractivity contribution in [3.05, 3.63) is 51.7 Å². The van der Waals surface area contributed by atoms with E-state index in [9.17, 15) is 4.79 Å². The molecule has 1 atom stereocenters. The van der Waals surface area contributed by atoms with Crippen LogP contribution in [0.3, 0.4) is 0 Å². The Labute approximate surface area is 129 Å². The second-order valence-corrected chi connectivity index (χ2v) is 6.52. The molecule has 1 N–H and O–H groups in total. The summed E-state index contributed by atoms with van der Waals surface area (Å²) in [7, 11) is 0. The van der Waals surface area contributed by atoms with Crippen LogP contribution >= 0.6 is 11.3 Å². The number of nitrogens with zero attached hydrogens (tertiary/aromatic N) is 1. The number of nitrogens with one attached hydrogen (secondary N) is 1. The van der Waals surface area contributed by atoms with Crippen molar-refractivity contribution in [1.82, 2.24) is 4.90 Å². The summed E-state index contributed by atoms with van der Waals surface area (Å²) in [5, 5.41) is 5.15. The molecule has 0 aliphatic carbocycles. The summed E-state index contributed by atoms with van der Waals surface area (Å²) in [4.78, 5) is 15.9. The molecule has 1 aromatic heterocycles. The fourth-order valence-electron chi connectivity index (χ4n) is 2.86. The molecule has 1 fully saturated rings. The first-order valence-electron chi connectivity index (χ1n) is 7.34. The van der Waals surface area contributed by atoms with Gasteiger partial charge in [-0.05, 0) is 55.3 Å². The van der Waals surface area contributed by atoms with Crippen molar-refractivity contribution in [2.24, 2.45) is 0 Å². The van der Waals surface area contributed by atoms with E-state index in [1.807, 2.05) is 24.0 Å². The minimum absolute atomic E-state index is 0.0135. The Balaban J connectivity index is 1.77. The molecule has 1 aliphatic rings. The van der Waals surface area contributed by atoms with Gasteiger partial charge in [0, 0.05) is 17.1 Å². The molecule has 21 heavy (non-hydrogen) atoms. The van der Waals surface area contributed by atoms with Gasteiger partial charge in [-0.3, -0.25) is 0 Å². The van der Waals surface area contributed by atoms with Crippen LogP contribution in [0.1, 0.15) is 34.9 Å². The van der Waals surface area contributed by atoms with Gasteiger partial charge >= 0.3 is 6.03 Å². The second kappa shape index (κ2) is 5.90. The molecule has 1 saturated heterocycles. The molecule has 0 unspecified atom stereocenters. The van der Waals surface area contributed by atoms with Crippen LogP contribution in [0.15, 0.2) is 35.7 Å². The summed E-state index contributed by atoms with van der Waals surface area (Å²) >= 11 is 1.73. The van der Waals surface area contributed by atoms with Gasteiger partial charge in [0.15, 0.2) is 0 Å². The third-order valence-corrected chi connectivity index (χ3v) is 5.21. The fraction of sp³-hybridized carbons (Fsp3) is 0.353. The van der Waals surface area contributed by atoms with Crippen LogP contribution in [0.4, 0.5) is 10.5 Å². The molecular formula is C17H20N2OS. The summed E-state index contributed by atoms with van der Waals surface area (Å²) in [6.07, 6.45) is 2.13. The Hall–Kier alpha value is -1.81. The van der Waals surface area contributed by atoms with E-state index in [0.29, 0.717) is 0 Å². The zero-order chi connectivity index (χ0) is 14.8. The molecule has 110 valence electrons. The molecule has 1 aromatic carbocycles. The highest BCUT2D eigenvalue weighted by Crippen LogP contribution is 2.35. The predicted molar refractivity (Wildman–Crippen MR) is 87.9 cm³/mol. The van der Waals surface area contributed by atoms with Crippen molar-refractivity contribution >= 4 is 23.1 Å². The molecule has 3 nitrogen and oxygen atoms in total. The monoisotopic (exact) mass is 300 g/mol. The van der Waals surface area contributed by atoms with Crippen molar-refractivity contribution < 1.29 is 4.79 Å². The quantitative estimate of drug-likeness (QED) is 0.854. The Bertz CT molecular complexity index is 636. The van der Waals surface area contributed by atoms with Crippen molar-refractivity contribution in [3.63, 3.8) is 0 Å². The van der Waals surface area contributed by atoms with Gasteiger partial charge < -0.3 is 10.2 Å². The lowest BCUT2D eigenvalue weighted by Crippen LogP contribution is -2.34. The van der Waals surface area contributed by atoms with Gasteiger partial charge in [-0.25, -0.2) is 4.79 Å². The van der Waals surface area contributed by atoms with Gasteiger partial charge in [-0.2, -0.15) is 0 Å². The van der Waals surface area contributed by atoms with Crippen molar-refractivity contribution in [2.75, 3.05) is 11.9 Å². The number of hydrogen-bond acceptors (Lipinski definition) is 2. The molecule has 2 aromatic rings. The predicted octanol–water partition coefficient (Wildman–Crippen LogP) is 4.73. The molecule has 0 bridgehead atoms. The molecule has 1 aliphatic heterocycles. The Kier molecular flexibility index (Phi) is 3.97. The van der Waals surface area contributed by atoms with Crippen LogP contribution in [0.2, 0.25) is 0 Å². The minimum atomic E-state index is 0.0135. The van der Waals surface area contributed by atoms with E-state index in [2.05, 4.69) is 35.8 Å². The lowest BCUT2D eigenvalue weighted by Gasteiger charge is -2.24. The maximum atomic E-state index is 12.6. The van der Waals surface area contributed by atoms with E-state index < -0.39 is 0 Å². The van der Waals surface area contributed by atoms with Crippen LogP contribution < -0.4 is 5.32 Å². The number of carbonyl (C=O) groups excluding carboxylic acids is 1. The summed E-state index contributed by atoms with van der Waals surface area (Å²) in [5.74, 6) is 0. The Morgan fingerprint density at radius 2 is 2.14 bits per heavy atom. The molecule has 2 amide bonds. The Morgan fingerprint density at radius 1 is 1.29 bits per heavy atom. The average molecular weight is 300 g/mol. The highest BCUT2D eigenvalue weighted by atomic mass is 32.1. The van der Waals surface area contributed by atoms with Gasteiger partial charge in [0.05, 0.1) is 6.04 Å². The van der Waals surface area contributed by atoms with Crippen molar-refractivity contribution in [1.29, 1.82) is 0 Å². The highest BCUT2D eigenvalue weighted by molar-refractivity contribution is 7.10. The molecule has 0 radical (unpaired) electrons. The van der Waals surface area contributed by atoms with Crippen LogP contribution in [0.5, 0.6) is 0 Å². The van der Waals surface area contributed by atoms with E-state index in [-0.39, 0.29) is 12.1 Å². The maximum Gasteiger partial charge on any atom is 0.322 e. The minimum Gasteiger partial charge on any atom is -0.317 e. The van der Waals surface area contributed by atoms with Gasteiger partial charge in [-0.15, -0.1) is 11.3 Å². The lowest BCUT2D eigenvalue weighted by molar-refractivity contribution is 0.208. The molecule has 0 spiro atoms. The third kappa shape index (κ3) is 2.81. The van der Waals surface area contributed by atoms with Crippen molar-refractivity contribution in [3.8, 4) is 0 Å². The van der Waals surface area contributed by atoms with Gasteiger partial charge in [-0.1, -0.05) is 18.2 Å². The van der Waals surface area contributed by atoms with Crippen LogP contribution in [0, 0.1) is 13.8 Å². The Morgan fingerprint density at radius 3 is 2.90 bits per heavy atom. The fourth-order valence-corrected chi connectivity index (χ4v) is 3.73. The maximum absolute atomic E-state index is 12.6. The zero-order valence-electron chi connectivity index (χ0n) is 12.4. The first-order chi connectivity index (χ1) is 10.2. The smallest absolute Gasteiger partial charge is 0.317 e. The highest BCUT2D eigenvalue weighted by Gasteiger charge is 2.30. The first kappa shape index (κ1) is 14.1. The SMILES string of the molecule is Cc1cccc(NC(=O)N2CCC[C@@H]2c2cccs2)c1C. The van der Waals surface area contributed by atoms with Gasteiger partial charge in [0.2, 0.25) is 0 Å². The van der Waals surface area contributed by atoms with Crippen LogP contribution in [-0.4, -0.2) is 17.5 Å². The molecule has 0 saturated carbocycles. The number of rotatable bonds is 2. The second-order valence-electron chi connectivity index (χ2n) is 5.54.